The molecule has 59 heavy (non-hydrogen) atoms. The number of nitrogens with one attached hydrogen (secondary N) is 2. The van der Waals surface area contributed by atoms with E-state index in [1.807, 2.05) is 115 Å². The van der Waals surface area contributed by atoms with Crippen LogP contribution in [0.25, 0.3) is 11.1 Å². The van der Waals surface area contributed by atoms with Crippen molar-refractivity contribution in [2.45, 2.75) is 50.5 Å². The minimum absolute atomic E-state index is 0.0324. The number of methoxy groups -OCH3 is 1. The van der Waals surface area contributed by atoms with E-state index in [1.165, 1.54) is 7.11 Å². The third-order valence-electron chi connectivity index (χ3n) is 10.9. The standard InChI is InChI=1S/C46H49N5O8/c1-57-44(53)42(27-32-7-3-2-4-8-32)48-46(54)47-29-37-9-5-6-10-41(37)34-15-17-36(18-16-34)45-58-40(28-43(59-45)35-13-11-33(31-52)12-14-35)30-49-23-25-50(26-24-49)38-19-21-39(22-20-38)51(55)56/h2-22,40,42-43,45,52H,23-31H2,1H3,(H2,47,48,54)/t40-,42-,43+,45+/m0/s1. The fraction of sp³-hybridized carbons (Fsp3) is 0.304. The van der Waals surface area contributed by atoms with Crippen molar-refractivity contribution in [2.75, 3.05) is 44.7 Å². The van der Waals surface area contributed by atoms with E-state index >= 15 is 0 Å². The number of ether oxygens (including phenoxy) is 3. The molecule has 2 aliphatic heterocycles. The Kier molecular flexibility index (Phi) is 13.6. The SMILES string of the molecule is COC(=O)[C@H](Cc1ccccc1)NC(=O)NCc1ccccc1-c1ccc([C@@H]2O[C@H](CN3CCN(c4ccc([N+](=O)[O-])cc4)CC3)C[C@H](c3ccc(CO)cc3)O2)cc1. The van der Waals surface area contributed by atoms with Gasteiger partial charge in [0, 0.05) is 75.5 Å². The van der Waals surface area contributed by atoms with Crippen molar-refractivity contribution in [3.8, 4) is 11.1 Å². The normalized spacial score (nSPS) is 18.7. The molecule has 0 spiro atoms. The molecule has 0 bridgehead atoms. The van der Waals surface area contributed by atoms with Crippen LogP contribution in [0.5, 0.6) is 0 Å². The zero-order valence-electron chi connectivity index (χ0n) is 32.9. The van der Waals surface area contributed by atoms with Gasteiger partial charge >= 0.3 is 12.0 Å². The van der Waals surface area contributed by atoms with Gasteiger partial charge in [-0.25, -0.2) is 9.59 Å². The minimum atomic E-state index is -0.840. The molecule has 0 aliphatic carbocycles. The second-order valence-corrected chi connectivity index (χ2v) is 14.8. The van der Waals surface area contributed by atoms with Crippen LogP contribution in [0.1, 0.15) is 46.6 Å². The monoisotopic (exact) mass is 799 g/mol. The molecule has 2 saturated heterocycles. The summed E-state index contributed by atoms with van der Waals surface area (Å²) in [5, 5.41) is 26.4. The van der Waals surface area contributed by atoms with Gasteiger partial charge in [-0.1, -0.05) is 103 Å². The van der Waals surface area contributed by atoms with Gasteiger partial charge in [-0.05, 0) is 45.5 Å². The van der Waals surface area contributed by atoms with Gasteiger partial charge in [-0.3, -0.25) is 15.0 Å². The van der Waals surface area contributed by atoms with Crippen molar-refractivity contribution < 1.29 is 33.8 Å². The number of carbonyl (C=O) groups excluding carboxylic acids is 2. The number of rotatable bonds is 14. The number of nitro groups is 1. The number of esters is 1. The molecule has 2 fully saturated rings. The van der Waals surface area contributed by atoms with Gasteiger partial charge < -0.3 is 34.9 Å². The topological polar surface area (TPSA) is 156 Å². The van der Waals surface area contributed by atoms with Gasteiger partial charge in [-0.2, -0.15) is 0 Å². The maximum Gasteiger partial charge on any atom is 0.328 e. The minimum Gasteiger partial charge on any atom is -0.467 e. The molecule has 13 nitrogen and oxygen atoms in total. The van der Waals surface area contributed by atoms with Crippen molar-refractivity contribution in [1.82, 2.24) is 15.5 Å². The van der Waals surface area contributed by atoms with E-state index in [2.05, 4.69) is 20.4 Å². The van der Waals surface area contributed by atoms with Crippen LogP contribution in [0.3, 0.4) is 0 Å². The van der Waals surface area contributed by atoms with E-state index in [-0.39, 0.29) is 36.0 Å². The first-order valence-corrected chi connectivity index (χ1v) is 19.8. The van der Waals surface area contributed by atoms with Gasteiger partial charge in [0.1, 0.15) is 6.04 Å². The Bertz CT molecular complexity index is 2160. The Morgan fingerprint density at radius 3 is 2.19 bits per heavy atom. The van der Waals surface area contributed by atoms with E-state index in [1.54, 1.807) is 12.1 Å². The predicted molar refractivity (Wildman–Crippen MR) is 223 cm³/mol. The summed E-state index contributed by atoms with van der Waals surface area (Å²) >= 11 is 0. The Labute approximate surface area is 343 Å². The van der Waals surface area contributed by atoms with E-state index in [4.69, 9.17) is 14.2 Å². The second-order valence-electron chi connectivity index (χ2n) is 14.8. The first-order valence-electron chi connectivity index (χ1n) is 19.8. The highest BCUT2D eigenvalue weighted by atomic mass is 16.7. The number of urea groups is 1. The molecule has 5 aromatic rings. The molecule has 0 unspecified atom stereocenters. The highest BCUT2D eigenvalue weighted by Gasteiger charge is 2.34. The summed E-state index contributed by atoms with van der Waals surface area (Å²) in [6.45, 7) is 4.15. The van der Waals surface area contributed by atoms with E-state index in [9.17, 15) is 24.8 Å². The number of hydrogen-bond acceptors (Lipinski definition) is 10. The lowest BCUT2D eigenvalue weighted by molar-refractivity contribution is -0.384. The van der Waals surface area contributed by atoms with Crippen LogP contribution in [0.4, 0.5) is 16.2 Å². The number of carbonyl (C=O) groups is 2. The molecular weight excluding hydrogens is 751 g/mol. The smallest absolute Gasteiger partial charge is 0.328 e. The van der Waals surface area contributed by atoms with Crippen LogP contribution in [-0.2, 0) is 38.6 Å². The number of non-ortho nitro benzene ring substituents is 1. The third-order valence-corrected chi connectivity index (χ3v) is 10.9. The van der Waals surface area contributed by atoms with Crippen molar-refractivity contribution >= 4 is 23.4 Å². The molecule has 7 rings (SSSR count). The first-order chi connectivity index (χ1) is 28.8. The van der Waals surface area contributed by atoms with Crippen LogP contribution in [0.15, 0.2) is 127 Å². The molecular formula is C46H49N5O8. The summed E-state index contributed by atoms with van der Waals surface area (Å²) in [6, 6.07) is 38.6. The molecule has 0 radical (unpaired) electrons. The number of nitrogens with zero attached hydrogens (tertiary/aromatic N) is 3. The lowest BCUT2D eigenvalue weighted by Gasteiger charge is -2.41. The Hall–Kier alpha value is -6.12. The van der Waals surface area contributed by atoms with Crippen molar-refractivity contribution in [1.29, 1.82) is 0 Å². The molecule has 4 atom stereocenters. The maximum absolute atomic E-state index is 13.0. The molecule has 2 heterocycles. The molecule has 0 saturated carbocycles. The molecule has 5 aromatic carbocycles. The van der Waals surface area contributed by atoms with Crippen LogP contribution in [-0.4, -0.2) is 78.9 Å². The summed E-state index contributed by atoms with van der Waals surface area (Å²) in [5.41, 5.74) is 7.49. The molecule has 306 valence electrons. The maximum atomic E-state index is 13.0. The predicted octanol–water partition coefficient (Wildman–Crippen LogP) is 6.71. The quantitative estimate of drug-likeness (QED) is 0.0628. The number of benzene rings is 5. The van der Waals surface area contributed by atoms with Crippen molar-refractivity contribution in [2.24, 2.45) is 0 Å². The van der Waals surface area contributed by atoms with Crippen LogP contribution >= 0.6 is 0 Å². The lowest BCUT2D eigenvalue weighted by atomic mass is 9.97. The first kappa shape index (κ1) is 41.1. The number of amides is 2. The zero-order chi connectivity index (χ0) is 41.1. The summed E-state index contributed by atoms with van der Waals surface area (Å²) in [6.07, 6.45) is 0.00371. The van der Waals surface area contributed by atoms with Gasteiger partial charge in [0.05, 0.1) is 30.8 Å². The molecule has 0 aromatic heterocycles. The summed E-state index contributed by atoms with van der Waals surface area (Å²) in [5.74, 6) is -0.521. The molecule has 3 N–H and O–H groups in total. The van der Waals surface area contributed by atoms with Crippen molar-refractivity contribution in [3.05, 3.63) is 165 Å². The summed E-state index contributed by atoms with van der Waals surface area (Å²) in [7, 11) is 1.30. The Morgan fingerprint density at radius 2 is 1.51 bits per heavy atom. The van der Waals surface area contributed by atoms with E-state index in [0.29, 0.717) is 12.8 Å². The molecule has 13 heteroatoms. The largest absolute Gasteiger partial charge is 0.467 e. The summed E-state index contributed by atoms with van der Waals surface area (Å²) < 4.78 is 18.3. The average molecular weight is 800 g/mol. The van der Waals surface area contributed by atoms with Gasteiger partial charge in [0.15, 0.2) is 6.29 Å². The number of aliphatic hydroxyl groups is 1. The molecule has 2 aliphatic rings. The van der Waals surface area contributed by atoms with Gasteiger partial charge in [0.2, 0.25) is 0 Å². The fourth-order valence-electron chi connectivity index (χ4n) is 7.64. The second kappa shape index (κ2) is 19.6. The number of nitro benzene ring substituents is 1. The third kappa shape index (κ3) is 10.7. The van der Waals surface area contributed by atoms with Crippen LogP contribution < -0.4 is 15.5 Å². The zero-order valence-corrected chi connectivity index (χ0v) is 32.9. The fourth-order valence-corrected chi connectivity index (χ4v) is 7.64. The van der Waals surface area contributed by atoms with Gasteiger partial charge in [-0.15, -0.1) is 0 Å². The van der Waals surface area contributed by atoms with Crippen LogP contribution in [0, 0.1) is 10.1 Å². The van der Waals surface area contributed by atoms with E-state index in [0.717, 1.165) is 77.4 Å². The number of aliphatic hydroxyl groups excluding tert-OH is 1. The number of piperazine rings is 1. The highest BCUT2D eigenvalue weighted by Crippen LogP contribution is 2.39. The van der Waals surface area contributed by atoms with Gasteiger partial charge in [0.25, 0.3) is 5.69 Å². The summed E-state index contributed by atoms with van der Waals surface area (Å²) in [4.78, 5) is 40.9. The lowest BCUT2D eigenvalue weighted by Crippen LogP contribution is -2.49. The van der Waals surface area contributed by atoms with Crippen molar-refractivity contribution in [3.63, 3.8) is 0 Å². The number of anilines is 1. The Balaban J connectivity index is 1.01. The van der Waals surface area contributed by atoms with Crippen LogP contribution in [0.2, 0.25) is 0 Å². The Morgan fingerprint density at radius 1 is 0.831 bits per heavy atom. The van der Waals surface area contributed by atoms with E-state index < -0.39 is 24.3 Å². The average Bonchev–Trinajstić information content (AvgIpc) is 3.28. The highest BCUT2D eigenvalue weighted by molar-refractivity contribution is 5.84. The number of hydrogen-bond donors (Lipinski definition) is 3. The molecule has 2 amide bonds.